The molecule has 158 valence electrons. The van der Waals surface area contributed by atoms with Crippen molar-refractivity contribution < 1.29 is 14.4 Å². The van der Waals surface area contributed by atoms with Gasteiger partial charge in [-0.15, -0.1) is 0 Å². The quantitative estimate of drug-likeness (QED) is 0.334. The molecule has 3 aromatic rings. The topological polar surface area (TPSA) is 86.0 Å². The summed E-state index contributed by atoms with van der Waals surface area (Å²) >= 11 is 5.19. The van der Waals surface area contributed by atoms with Crippen LogP contribution in [0.25, 0.3) is 0 Å². The van der Waals surface area contributed by atoms with E-state index in [1.807, 2.05) is 42.5 Å². The van der Waals surface area contributed by atoms with Crippen LogP contribution in [0, 0.1) is 10.1 Å². The molecule has 0 aliphatic carbocycles. The van der Waals surface area contributed by atoms with E-state index < -0.39 is 4.92 Å². The van der Waals surface area contributed by atoms with Crippen molar-refractivity contribution in [2.24, 2.45) is 5.10 Å². The first kappa shape index (κ1) is 21.2. The van der Waals surface area contributed by atoms with E-state index in [9.17, 15) is 10.1 Å². The van der Waals surface area contributed by atoms with Gasteiger partial charge in [-0.05, 0) is 39.2 Å². The molecule has 0 bridgehead atoms. The van der Waals surface area contributed by atoms with Crippen molar-refractivity contribution in [3.05, 3.63) is 98.0 Å². The number of nitrogens with one attached hydrogen (secondary N) is 1. The molecule has 1 atom stereocenters. The SMILES string of the molecule is COc1cc([C@H]2NN=C(c3ccccc3)S2)cc(Br)c1OCc1cccc([N+](=O)[O-])c1. The summed E-state index contributed by atoms with van der Waals surface area (Å²) in [5.74, 6) is 1.09. The number of rotatable bonds is 7. The number of thioether (sulfide) groups is 1. The number of nitrogens with zero attached hydrogens (tertiary/aromatic N) is 2. The number of nitro benzene ring substituents is 1. The Bertz CT molecular complexity index is 1140. The molecule has 1 heterocycles. The van der Waals surface area contributed by atoms with Gasteiger partial charge in [-0.3, -0.25) is 15.5 Å². The first-order valence-electron chi connectivity index (χ1n) is 9.34. The molecule has 3 aromatic carbocycles. The predicted molar refractivity (Wildman–Crippen MR) is 125 cm³/mol. The molecule has 1 aliphatic rings. The highest BCUT2D eigenvalue weighted by Crippen LogP contribution is 2.42. The molecule has 0 aromatic heterocycles. The van der Waals surface area contributed by atoms with E-state index in [2.05, 4.69) is 26.5 Å². The number of nitro groups is 1. The molecule has 0 radical (unpaired) electrons. The van der Waals surface area contributed by atoms with E-state index in [4.69, 9.17) is 9.47 Å². The Morgan fingerprint density at radius 2 is 1.97 bits per heavy atom. The zero-order valence-electron chi connectivity index (χ0n) is 16.4. The standard InChI is InChI=1S/C22H18BrN3O4S/c1-29-19-12-16(22-25-24-21(31-22)15-7-3-2-4-8-15)11-18(23)20(19)30-13-14-6-5-9-17(10-14)26(27)28/h2-12,22,25H,13H2,1H3/t22-/m0/s1. The van der Waals surface area contributed by atoms with Crippen LogP contribution in [0.4, 0.5) is 5.69 Å². The highest BCUT2D eigenvalue weighted by Gasteiger charge is 2.24. The molecule has 0 amide bonds. The number of hydrogen-bond acceptors (Lipinski definition) is 7. The van der Waals surface area contributed by atoms with Crippen LogP contribution in [-0.2, 0) is 6.61 Å². The van der Waals surface area contributed by atoms with Gasteiger partial charge >= 0.3 is 0 Å². The Morgan fingerprint density at radius 1 is 1.16 bits per heavy atom. The average Bonchev–Trinajstić information content (AvgIpc) is 3.29. The van der Waals surface area contributed by atoms with E-state index in [1.165, 1.54) is 12.1 Å². The second kappa shape index (κ2) is 9.40. The molecule has 0 saturated heterocycles. The molecule has 0 spiro atoms. The molecular formula is C22H18BrN3O4S. The zero-order chi connectivity index (χ0) is 21.8. The maximum Gasteiger partial charge on any atom is 0.269 e. The van der Waals surface area contributed by atoms with Crippen LogP contribution in [0.15, 0.2) is 76.3 Å². The fourth-order valence-corrected chi connectivity index (χ4v) is 4.64. The molecule has 4 rings (SSSR count). The molecule has 0 saturated carbocycles. The smallest absolute Gasteiger partial charge is 0.269 e. The van der Waals surface area contributed by atoms with E-state index in [0.29, 0.717) is 17.1 Å². The van der Waals surface area contributed by atoms with Crippen LogP contribution in [0.2, 0.25) is 0 Å². The number of methoxy groups -OCH3 is 1. The second-order valence-corrected chi connectivity index (χ2v) is 8.61. The molecule has 1 aliphatic heterocycles. The van der Waals surface area contributed by atoms with Crippen molar-refractivity contribution in [2.45, 2.75) is 12.0 Å². The van der Waals surface area contributed by atoms with Gasteiger partial charge in [-0.25, -0.2) is 0 Å². The van der Waals surface area contributed by atoms with Gasteiger partial charge in [-0.2, -0.15) is 5.10 Å². The first-order valence-corrected chi connectivity index (χ1v) is 11.0. The third kappa shape index (κ3) is 4.83. The highest BCUT2D eigenvalue weighted by molar-refractivity contribution is 9.10. The Kier molecular flexibility index (Phi) is 6.43. The number of non-ortho nitro benzene ring substituents is 1. The van der Waals surface area contributed by atoms with Crippen LogP contribution >= 0.6 is 27.7 Å². The summed E-state index contributed by atoms with van der Waals surface area (Å²) in [4.78, 5) is 10.6. The lowest BCUT2D eigenvalue weighted by Crippen LogP contribution is -2.08. The predicted octanol–water partition coefficient (Wildman–Crippen LogP) is 5.64. The van der Waals surface area contributed by atoms with Gasteiger partial charge in [0.1, 0.15) is 17.0 Å². The summed E-state index contributed by atoms with van der Waals surface area (Å²) in [5, 5.41) is 16.3. The minimum Gasteiger partial charge on any atom is -0.493 e. The molecule has 0 unspecified atom stereocenters. The largest absolute Gasteiger partial charge is 0.493 e. The summed E-state index contributed by atoms with van der Waals surface area (Å²) in [7, 11) is 1.58. The number of hydrazone groups is 1. The van der Waals surface area contributed by atoms with Gasteiger partial charge in [0.25, 0.3) is 5.69 Å². The van der Waals surface area contributed by atoms with Crippen molar-refractivity contribution in [2.75, 3.05) is 7.11 Å². The Hall–Kier alpha value is -3.04. The fourth-order valence-electron chi connectivity index (χ4n) is 3.08. The van der Waals surface area contributed by atoms with Gasteiger partial charge < -0.3 is 9.47 Å². The minimum atomic E-state index is -0.424. The lowest BCUT2D eigenvalue weighted by Gasteiger charge is -2.17. The fraction of sp³-hybridized carbons (Fsp3) is 0.136. The van der Waals surface area contributed by atoms with Crippen molar-refractivity contribution in [1.82, 2.24) is 5.43 Å². The Balaban J connectivity index is 1.50. The number of halogens is 1. The van der Waals surface area contributed by atoms with Gasteiger partial charge in [0.15, 0.2) is 11.5 Å². The van der Waals surface area contributed by atoms with E-state index in [0.717, 1.165) is 20.6 Å². The monoisotopic (exact) mass is 499 g/mol. The van der Waals surface area contributed by atoms with Gasteiger partial charge in [0.2, 0.25) is 0 Å². The molecule has 31 heavy (non-hydrogen) atoms. The zero-order valence-corrected chi connectivity index (χ0v) is 18.9. The highest BCUT2D eigenvalue weighted by atomic mass is 79.9. The van der Waals surface area contributed by atoms with Crippen molar-refractivity contribution in [3.8, 4) is 11.5 Å². The average molecular weight is 500 g/mol. The number of hydrogen-bond donors (Lipinski definition) is 1. The van der Waals surface area contributed by atoms with Crippen molar-refractivity contribution >= 4 is 38.4 Å². The summed E-state index contributed by atoms with van der Waals surface area (Å²) in [6.45, 7) is 0.174. The molecule has 0 fully saturated rings. The summed E-state index contributed by atoms with van der Waals surface area (Å²) in [6, 6.07) is 20.2. The third-order valence-corrected chi connectivity index (χ3v) is 6.35. The molecule has 7 nitrogen and oxygen atoms in total. The van der Waals surface area contributed by atoms with Crippen molar-refractivity contribution in [3.63, 3.8) is 0 Å². The molecule has 1 N–H and O–H groups in total. The maximum atomic E-state index is 11.0. The van der Waals surface area contributed by atoms with Gasteiger partial charge in [0, 0.05) is 17.7 Å². The second-order valence-electron chi connectivity index (χ2n) is 6.66. The first-order chi connectivity index (χ1) is 15.0. The maximum absolute atomic E-state index is 11.0. The van der Waals surface area contributed by atoms with Crippen LogP contribution in [-0.4, -0.2) is 17.1 Å². The lowest BCUT2D eigenvalue weighted by atomic mass is 10.2. The van der Waals surface area contributed by atoms with Crippen LogP contribution in [0.5, 0.6) is 11.5 Å². The normalized spacial score (nSPS) is 15.2. The van der Waals surface area contributed by atoms with Gasteiger partial charge in [-0.1, -0.05) is 54.2 Å². The third-order valence-electron chi connectivity index (χ3n) is 4.59. The van der Waals surface area contributed by atoms with Crippen molar-refractivity contribution in [1.29, 1.82) is 0 Å². The number of benzene rings is 3. The Morgan fingerprint density at radius 3 is 2.71 bits per heavy atom. The summed E-state index contributed by atoms with van der Waals surface area (Å²) < 4.78 is 12.2. The van der Waals surface area contributed by atoms with Gasteiger partial charge in [0.05, 0.1) is 16.5 Å². The minimum absolute atomic E-state index is 0.0287. The number of ether oxygens (including phenoxy) is 2. The van der Waals surface area contributed by atoms with Crippen LogP contribution in [0.1, 0.15) is 22.1 Å². The lowest BCUT2D eigenvalue weighted by molar-refractivity contribution is -0.384. The van der Waals surface area contributed by atoms with Crippen LogP contribution in [0.3, 0.4) is 0 Å². The molecule has 9 heteroatoms. The summed E-state index contributed by atoms with van der Waals surface area (Å²) in [5.41, 5.74) is 5.93. The van der Waals surface area contributed by atoms with Crippen LogP contribution < -0.4 is 14.9 Å². The van der Waals surface area contributed by atoms with E-state index in [1.54, 1.807) is 31.0 Å². The molecular weight excluding hydrogens is 482 g/mol. The summed E-state index contributed by atoms with van der Waals surface area (Å²) in [6.07, 6.45) is 0. The van der Waals surface area contributed by atoms with E-state index in [-0.39, 0.29) is 17.7 Å². The Labute approximate surface area is 191 Å². The van der Waals surface area contributed by atoms with E-state index >= 15 is 0 Å².